The van der Waals surface area contributed by atoms with E-state index in [-0.39, 0.29) is 24.0 Å². The second-order valence-corrected chi connectivity index (χ2v) is 7.03. The SMILES string of the molecule is CN=C(NCCC1=CCOCC1)NCCC(c1ccccc1)c1ccccc1.I. The third-order valence-corrected chi connectivity index (χ3v) is 5.15. The molecule has 2 aromatic carbocycles. The quantitative estimate of drug-likeness (QED) is 0.236. The first-order valence-corrected chi connectivity index (χ1v) is 10.2. The van der Waals surface area contributed by atoms with Crippen molar-refractivity contribution in [2.75, 3.05) is 33.4 Å². The molecule has 1 aliphatic heterocycles. The first-order chi connectivity index (χ1) is 13.9. The van der Waals surface area contributed by atoms with E-state index in [1.54, 1.807) is 0 Å². The van der Waals surface area contributed by atoms with Crippen molar-refractivity contribution >= 4 is 29.9 Å². The molecule has 0 saturated heterocycles. The number of hydrogen-bond donors (Lipinski definition) is 2. The van der Waals surface area contributed by atoms with Crippen molar-refractivity contribution in [1.29, 1.82) is 0 Å². The summed E-state index contributed by atoms with van der Waals surface area (Å²) in [5, 5.41) is 6.90. The molecule has 0 radical (unpaired) electrons. The third-order valence-electron chi connectivity index (χ3n) is 5.15. The van der Waals surface area contributed by atoms with E-state index >= 15 is 0 Å². The van der Waals surface area contributed by atoms with E-state index in [9.17, 15) is 0 Å². The van der Waals surface area contributed by atoms with E-state index < -0.39 is 0 Å². The Morgan fingerprint density at radius 1 is 0.966 bits per heavy atom. The van der Waals surface area contributed by atoms with Crippen LogP contribution in [0.2, 0.25) is 0 Å². The number of halogens is 1. The average molecular weight is 505 g/mol. The molecule has 1 heterocycles. The smallest absolute Gasteiger partial charge is 0.190 e. The van der Waals surface area contributed by atoms with E-state index in [2.05, 4.69) is 82.4 Å². The molecule has 3 rings (SSSR count). The summed E-state index contributed by atoms with van der Waals surface area (Å²) < 4.78 is 5.36. The fourth-order valence-electron chi connectivity index (χ4n) is 3.59. The predicted molar refractivity (Wildman–Crippen MR) is 132 cm³/mol. The molecule has 2 N–H and O–H groups in total. The Balaban J connectivity index is 0.00000300. The van der Waals surface area contributed by atoms with Gasteiger partial charge in [-0.2, -0.15) is 0 Å². The van der Waals surface area contributed by atoms with Crippen LogP contribution in [0.15, 0.2) is 77.3 Å². The van der Waals surface area contributed by atoms with Crippen molar-refractivity contribution in [3.63, 3.8) is 0 Å². The largest absolute Gasteiger partial charge is 0.377 e. The topological polar surface area (TPSA) is 45.7 Å². The summed E-state index contributed by atoms with van der Waals surface area (Å²) in [6.07, 6.45) is 5.30. The van der Waals surface area contributed by atoms with E-state index in [4.69, 9.17) is 4.74 Å². The second kappa shape index (κ2) is 13.4. The number of nitrogens with one attached hydrogen (secondary N) is 2. The Hall–Kier alpha value is -1.86. The lowest BCUT2D eigenvalue weighted by atomic mass is 9.88. The highest BCUT2D eigenvalue weighted by molar-refractivity contribution is 14.0. The number of benzene rings is 2. The van der Waals surface area contributed by atoms with Crippen LogP contribution in [0.3, 0.4) is 0 Å². The molecule has 5 heteroatoms. The number of guanidine groups is 1. The van der Waals surface area contributed by atoms with E-state index in [1.807, 2.05) is 7.05 Å². The lowest BCUT2D eigenvalue weighted by Crippen LogP contribution is -2.38. The maximum atomic E-state index is 5.36. The van der Waals surface area contributed by atoms with Gasteiger partial charge in [0.2, 0.25) is 0 Å². The summed E-state index contributed by atoms with van der Waals surface area (Å²) in [5.74, 6) is 1.24. The number of aliphatic imine (C=N–C) groups is 1. The molecule has 0 bridgehead atoms. The monoisotopic (exact) mass is 505 g/mol. The first kappa shape index (κ1) is 23.4. The molecule has 0 amide bonds. The normalized spacial score (nSPS) is 14.1. The van der Waals surface area contributed by atoms with Crippen LogP contribution in [0.1, 0.15) is 36.3 Å². The summed E-state index contributed by atoms with van der Waals surface area (Å²) >= 11 is 0. The van der Waals surface area contributed by atoms with Crippen LogP contribution in [-0.2, 0) is 4.74 Å². The van der Waals surface area contributed by atoms with Crippen LogP contribution in [0, 0.1) is 0 Å². The first-order valence-electron chi connectivity index (χ1n) is 10.2. The zero-order chi connectivity index (χ0) is 19.4. The molecule has 0 atom stereocenters. The Morgan fingerprint density at radius 3 is 2.14 bits per heavy atom. The van der Waals surface area contributed by atoms with E-state index in [0.717, 1.165) is 51.5 Å². The van der Waals surface area contributed by atoms with Gasteiger partial charge in [-0.05, 0) is 30.4 Å². The van der Waals surface area contributed by atoms with Gasteiger partial charge in [-0.15, -0.1) is 24.0 Å². The molecular formula is C24H32IN3O. The molecule has 0 unspecified atom stereocenters. The Bertz CT molecular complexity index is 723. The minimum Gasteiger partial charge on any atom is -0.377 e. The molecule has 0 aromatic heterocycles. The van der Waals surface area contributed by atoms with E-state index in [0.29, 0.717) is 5.92 Å². The van der Waals surface area contributed by atoms with Gasteiger partial charge >= 0.3 is 0 Å². The molecule has 0 saturated carbocycles. The molecular weight excluding hydrogens is 473 g/mol. The van der Waals surface area contributed by atoms with Crippen molar-refractivity contribution in [2.24, 2.45) is 4.99 Å². The van der Waals surface area contributed by atoms with Crippen LogP contribution in [-0.4, -0.2) is 39.3 Å². The minimum absolute atomic E-state index is 0. The van der Waals surface area contributed by atoms with Gasteiger partial charge in [-0.25, -0.2) is 0 Å². The Morgan fingerprint density at radius 2 is 1.59 bits per heavy atom. The van der Waals surface area contributed by atoms with E-state index in [1.165, 1.54) is 16.7 Å². The maximum absolute atomic E-state index is 5.36. The maximum Gasteiger partial charge on any atom is 0.190 e. The van der Waals surface area contributed by atoms with Gasteiger partial charge in [0.15, 0.2) is 5.96 Å². The van der Waals surface area contributed by atoms with Gasteiger partial charge in [0.25, 0.3) is 0 Å². The molecule has 4 nitrogen and oxygen atoms in total. The highest BCUT2D eigenvalue weighted by atomic mass is 127. The highest BCUT2D eigenvalue weighted by Gasteiger charge is 2.13. The van der Waals surface area contributed by atoms with Crippen LogP contribution >= 0.6 is 24.0 Å². The minimum atomic E-state index is 0. The van der Waals surface area contributed by atoms with Crippen LogP contribution in [0.4, 0.5) is 0 Å². The van der Waals surface area contributed by atoms with Crippen LogP contribution in [0.5, 0.6) is 0 Å². The number of hydrogen-bond acceptors (Lipinski definition) is 2. The number of ether oxygens (including phenoxy) is 1. The molecule has 0 fully saturated rings. The van der Waals surface area contributed by atoms with Gasteiger partial charge in [0.1, 0.15) is 0 Å². The second-order valence-electron chi connectivity index (χ2n) is 7.03. The van der Waals surface area contributed by atoms with Gasteiger partial charge in [-0.3, -0.25) is 4.99 Å². The molecule has 156 valence electrons. The zero-order valence-electron chi connectivity index (χ0n) is 17.1. The van der Waals surface area contributed by atoms with Gasteiger partial charge in [0, 0.05) is 26.1 Å². The molecule has 0 aliphatic carbocycles. The number of rotatable bonds is 8. The van der Waals surface area contributed by atoms with Crippen molar-refractivity contribution in [1.82, 2.24) is 10.6 Å². The lowest BCUT2D eigenvalue weighted by Gasteiger charge is -2.20. The number of nitrogens with zero attached hydrogens (tertiary/aromatic N) is 1. The summed E-state index contributed by atoms with van der Waals surface area (Å²) in [4.78, 5) is 4.36. The molecule has 1 aliphatic rings. The standard InChI is InChI=1S/C24H31N3O.HI/c1-25-24(26-16-12-20-14-18-28-19-15-20)27-17-13-23(21-8-4-2-5-9-21)22-10-6-3-7-11-22;/h2-11,14,23H,12-13,15-19H2,1H3,(H2,25,26,27);1H. The fraction of sp³-hybridized carbons (Fsp3) is 0.375. The molecule has 29 heavy (non-hydrogen) atoms. The lowest BCUT2D eigenvalue weighted by molar-refractivity contribution is 0.153. The van der Waals surface area contributed by atoms with Gasteiger partial charge in [0.05, 0.1) is 13.2 Å². The van der Waals surface area contributed by atoms with Crippen LogP contribution < -0.4 is 10.6 Å². The predicted octanol–water partition coefficient (Wildman–Crippen LogP) is 4.73. The van der Waals surface area contributed by atoms with Crippen molar-refractivity contribution in [2.45, 2.75) is 25.2 Å². The van der Waals surface area contributed by atoms with Crippen molar-refractivity contribution in [3.8, 4) is 0 Å². The Labute approximate surface area is 191 Å². The fourth-order valence-corrected chi connectivity index (χ4v) is 3.59. The summed E-state index contributed by atoms with van der Waals surface area (Å²) in [6.45, 7) is 3.36. The summed E-state index contributed by atoms with van der Waals surface area (Å²) in [5.41, 5.74) is 4.18. The van der Waals surface area contributed by atoms with Crippen molar-refractivity contribution in [3.05, 3.63) is 83.4 Å². The third kappa shape index (κ3) is 7.82. The zero-order valence-corrected chi connectivity index (χ0v) is 19.5. The molecule has 0 spiro atoms. The summed E-state index contributed by atoms with van der Waals surface area (Å²) in [7, 11) is 1.83. The van der Waals surface area contributed by atoms with Gasteiger partial charge in [-0.1, -0.05) is 72.3 Å². The highest BCUT2D eigenvalue weighted by Crippen LogP contribution is 2.27. The Kier molecular flexibility index (Phi) is 10.8. The molecule has 2 aromatic rings. The summed E-state index contributed by atoms with van der Waals surface area (Å²) in [6, 6.07) is 21.5. The average Bonchev–Trinajstić information content (AvgIpc) is 2.77. The van der Waals surface area contributed by atoms with Crippen LogP contribution in [0.25, 0.3) is 0 Å². The van der Waals surface area contributed by atoms with Gasteiger partial charge < -0.3 is 15.4 Å². The van der Waals surface area contributed by atoms with Crippen molar-refractivity contribution < 1.29 is 4.74 Å².